The zero-order valence-corrected chi connectivity index (χ0v) is 7.36. The molecule has 0 fully saturated rings. The van der Waals surface area contributed by atoms with Gasteiger partial charge in [-0.3, -0.25) is 4.98 Å². The maximum atomic E-state index is 9.61. The van der Waals surface area contributed by atoms with Crippen LogP contribution in [0.5, 0.6) is 0 Å². The second-order valence-electron chi connectivity index (χ2n) is 3.04. The molecule has 0 unspecified atom stereocenters. The maximum Gasteiger partial charge on any atom is 0.0955 e. The number of hydrogen-bond donors (Lipinski definition) is 2. The van der Waals surface area contributed by atoms with Gasteiger partial charge in [-0.05, 0) is 25.5 Å². The summed E-state index contributed by atoms with van der Waals surface area (Å²) in [6.45, 7) is 3.71. The van der Waals surface area contributed by atoms with Crippen LogP contribution in [0.2, 0.25) is 0 Å². The number of nitrogens with zero attached hydrogens (tertiary/aromatic N) is 1. The van der Waals surface area contributed by atoms with Crippen LogP contribution in [0.4, 0.5) is 0 Å². The summed E-state index contributed by atoms with van der Waals surface area (Å²) in [5, 5.41) is 9.61. The summed E-state index contributed by atoms with van der Waals surface area (Å²) >= 11 is 0. The van der Waals surface area contributed by atoms with Gasteiger partial charge in [0.25, 0.3) is 0 Å². The molecule has 2 atom stereocenters. The molecule has 0 aromatic carbocycles. The van der Waals surface area contributed by atoms with E-state index in [2.05, 4.69) is 4.98 Å². The van der Waals surface area contributed by atoms with Gasteiger partial charge in [0.05, 0.1) is 6.10 Å². The van der Waals surface area contributed by atoms with Crippen molar-refractivity contribution in [2.24, 2.45) is 5.73 Å². The minimum absolute atomic E-state index is 0.257. The molecule has 0 aliphatic rings. The summed E-state index contributed by atoms with van der Waals surface area (Å²) in [5.41, 5.74) is 7.39. The number of rotatable bonds is 2. The van der Waals surface area contributed by atoms with Crippen LogP contribution in [-0.4, -0.2) is 16.1 Å². The first-order chi connectivity index (χ1) is 5.63. The Kier molecular flexibility index (Phi) is 2.78. The van der Waals surface area contributed by atoms with Gasteiger partial charge >= 0.3 is 0 Å². The highest BCUT2D eigenvalue weighted by molar-refractivity contribution is 5.24. The summed E-state index contributed by atoms with van der Waals surface area (Å²) in [6, 6.07) is 1.61. The van der Waals surface area contributed by atoms with Gasteiger partial charge in [0.1, 0.15) is 0 Å². The van der Waals surface area contributed by atoms with Crippen molar-refractivity contribution in [1.29, 1.82) is 0 Å². The van der Waals surface area contributed by atoms with Crippen LogP contribution in [0.15, 0.2) is 18.5 Å². The summed E-state index contributed by atoms with van der Waals surface area (Å²) in [7, 11) is 0. The number of aryl methyl sites for hydroxylation is 1. The van der Waals surface area contributed by atoms with E-state index in [0.717, 1.165) is 11.1 Å². The normalized spacial score (nSPS) is 15.7. The van der Waals surface area contributed by atoms with Crippen molar-refractivity contribution < 1.29 is 5.11 Å². The fourth-order valence-electron chi connectivity index (χ4n) is 1.07. The molecule has 0 amide bonds. The zero-order chi connectivity index (χ0) is 9.14. The van der Waals surface area contributed by atoms with E-state index < -0.39 is 6.10 Å². The highest BCUT2D eigenvalue weighted by Crippen LogP contribution is 2.17. The summed E-state index contributed by atoms with van der Waals surface area (Å²) < 4.78 is 0. The van der Waals surface area contributed by atoms with E-state index in [9.17, 15) is 5.11 Å². The van der Waals surface area contributed by atoms with Crippen molar-refractivity contribution in [2.75, 3.05) is 0 Å². The van der Waals surface area contributed by atoms with Crippen molar-refractivity contribution in [3.63, 3.8) is 0 Å². The zero-order valence-electron chi connectivity index (χ0n) is 7.36. The van der Waals surface area contributed by atoms with Crippen LogP contribution in [0, 0.1) is 6.92 Å². The fourth-order valence-corrected chi connectivity index (χ4v) is 1.07. The minimum Gasteiger partial charge on any atom is -0.387 e. The maximum absolute atomic E-state index is 9.61. The van der Waals surface area contributed by atoms with Gasteiger partial charge in [-0.1, -0.05) is 0 Å². The minimum atomic E-state index is -0.612. The van der Waals surface area contributed by atoms with Crippen molar-refractivity contribution >= 4 is 0 Å². The Bertz CT molecular complexity index is 260. The van der Waals surface area contributed by atoms with Crippen LogP contribution in [0.25, 0.3) is 0 Å². The Morgan fingerprint density at radius 2 is 2.25 bits per heavy atom. The van der Waals surface area contributed by atoms with Gasteiger partial charge in [-0.15, -0.1) is 0 Å². The number of pyridine rings is 1. The molecule has 3 N–H and O–H groups in total. The molecular weight excluding hydrogens is 152 g/mol. The van der Waals surface area contributed by atoms with Gasteiger partial charge in [0.2, 0.25) is 0 Å². The average molecular weight is 166 g/mol. The molecule has 0 spiro atoms. The summed E-state index contributed by atoms with van der Waals surface area (Å²) in [5.74, 6) is 0. The Labute approximate surface area is 72.2 Å². The average Bonchev–Trinajstić information content (AvgIpc) is 2.04. The number of hydrogen-bond acceptors (Lipinski definition) is 3. The first-order valence-electron chi connectivity index (χ1n) is 3.97. The van der Waals surface area contributed by atoms with E-state index in [0.29, 0.717) is 0 Å². The van der Waals surface area contributed by atoms with Crippen molar-refractivity contribution in [3.05, 3.63) is 29.6 Å². The molecule has 0 bridgehead atoms. The lowest BCUT2D eigenvalue weighted by molar-refractivity contribution is 0.152. The molecule has 1 heterocycles. The SMILES string of the molecule is Cc1ccncc1[C@@H](O)[C@H](C)N. The smallest absolute Gasteiger partial charge is 0.0955 e. The molecule has 3 nitrogen and oxygen atoms in total. The monoisotopic (exact) mass is 166 g/mol. The molecule has 12 heavy (non-hydrogen) atoms. The van der Waals surface area contributed by atoms with Crippen LogP contribution in [0.1, 0.15) is 24.2 Å². The lowest BCUT2D eigenvalue weighted by Gasteiger charge is -2.16. The van der Waals surface area contributed by atoms with Gasteiger partial charge in [-0.2, -0.15) is 0 Å². The number of nitrogens with two attached hydrogens (primary N) is 1. The molecule has 0 saturated carbocycles. The van der Waals surface area contributed by atoms with Crippen LogP contribution in [-0.2, 0) is 0 Å². The van der Waals surface area contributed by atoms with Gasteiger partial charge in [0.15, 0.2) is 0 Å². The standard InChI is InChI=1S/C9H14N2O/c1-6-3-4-11-5-8(6)9(12)7(2)10/h3-5,7,9,12H,10H2,1-2H3/t7-,9-/m0/s1. The third kappa shape index (κ3) is 1.81. The molecule has 1 aromatic rings. The van der Waals surface area contributed by atoms with E-state index in [-0.39, 0.29) is 6.04 Å². The number of aliphatic hydroxyl groups excluding tert-OH is 1. The lowest BCUT2D eigenvalue weighted by Crippen LogP contribution is -2.25. The van der Waals surface area contributed by atoms with E-state index >= 15 is 0 Å². The first-order valence-corrected chi connectivity index (χ1v) is 3.97. The van der Waals surface area contributed by atoms with Crippen LogP contribution >= 0.6 is 0 Å². The quantitative estimate of drug-likeness (QED) is 0.682. The Balaban J connectivity index is 2.94. The predicted octanol–water partition coefficient (Wildman–Crippen LogP) is 0.771. The van der Waals surface area contributed by atoms with Crippen LogP contribution < -0.4 is 5.73 Å². The highest BCUT2D eigenvalue weighted by atomic mass is 16.3. The third-order valence-electron chi connectivity index (χ3n) is 1.90. The predicted molar refractivity (Wildman–Crippen MR) is 47.6 cm³/mol. The topological polar surface area (TPSA) is 59.1 Å². The molecule has 0 aliphatic carbocycles. The second-order valence-corrected chi connectivity index (χ2v) is 3.04. The van der Waals surface area contributed by atoms with Gasteiger partial charge < -0.3 is 10.8 Å². The fraction of sp³-hybridized carbons (Fsp3) is 0.444. The highest BCUT2D eigenvalue weighted by Gasteiger charge is 2.13. The van der Waals surface area contributed by atoms with Crippen molar-refractivity contribution in [1.82, 2.24) is 4.98 Å². The molecule has 0 radical (unpaired) electrons. The summed E-state index contributed by atoms with van der Waals surface area (Å²) in [4.78, 5) is 3.93. The Morgan fingerprint density at radius 1 is 1.58 bits per heavy atom. The lowest BCUT2D eigenvalue weighted by atomic mass is 10.0. The summed E-state index contributed by atoms with van der Waals surface area (Å²) in [6.07, 6.45) is 2.74. The largest absolute Gasteiger partial charge is 0.387 e. The van der Waals surface area contributed by atoms with E-state index in [4.69, 9.17) is 5.73 Å². The van der Waals surface area contributed by atoms with Gasteiger partial charge in [0, 0.05) is 24.0 Å². The third-order valence-corrected chi connectivity index (χ3v) is 1.90. The Hall–Kier alpha value is -0.930. The van der Waals surface area contributed by atoms with Crippen molar-refractivity contribution in [3.8, 4) is 0 Å². The molecule has 0 aliphatic heterocycles. The van der Waals surface area contributed by atoms with Crippen LogP contribution in [0.3, 0.4) is 0 Å². The first kappa shape index (κ1) is 9.16. The molecule has 66 valence electrons. The second kappa shape index (κ2) is 3.65. The Morgan fingerprint density at radius 3 is 2.75 bits per heavy atom. The number of aliphatic hydroxyl groups is 1. The van der Waals surface area contributed by atoms with Gasteiger partial charge in [-0.25, -0.2) is 0 Å². The van der Waals surface area contributed by atoms with E-state index in [1.807, 2.05) is 13.0 Å². The van der Waals surface area contributed by atoms with E-state index in [1.165, 1.54) is 0 Å². The molecular formula is C9H14N2O. The molecule has 0 saturated heterocycles. The molecule has 3 heteroatoms. The molecule has 1 rings (SSSR count). The molecule has 1 aromatic heterocycles. The van der Waals surface area contributed by atoms with E-state index in [1.54, 1.807) is 19.3 Å². The van der Waals surface area contributed by atoms with Crippen molar-refractivity contribution in [2.45, 2.75) is 26.0 Å². The number of aromatic nitrogens is 1.